The second-order valence-electron chi connectivity index (χ2n) is 11.2. The summed E-state index contributed by atoms with van der Waals surface area (Å²) in [4.78, 5) is 33.8. The number of piperazine rings is 1. The normalized spacial score (nSPS) is 15.9. The summed E-state index contributed by atoms with van der Waals surface area (Å²) in [6, 6.07) is 16.6. The molecule has 220 valence electrons. The van der Waals surface area contributed by atoms with Gasteiger partial charge in [0.2, 0.25) is 5.43 Å². The van der Waals surface area contributed by atoms with E-state index in [2.05, 4.69) is 15.5 Å². The molecule has 2 aromatic heterocycles. The molecule has 5 aromatic rings. The van der Waals surface area contributed by atoms with Crippen molar-refractivity contribution in [1.82, 2.24) is 19.0 Å². The van der Waals surface area contributed by atoms with Gasteiger partial charge >= 0.3 is 5.97 Å². The number of aromatic carboxylic acids is 1. The molecular formula is C32H28Cl2FN5O3. The van der Waals surface area contributed by atoms with Crippen LogP contribution in [-0.4, -0.2) is 56.3 Å². The maximum absolute atomic E-state index is 15.5. The quantitative estimate of drug-likeness (QED) is 0.233. The van der Waals surface area contributed by atoms with Gasteiger partial charge in [0, 0.05) is 53.8 Å². The molecule has 1 N–H and O–H groups in total. The number of pyridine rings is 1. The first-order valence-corrected chi connectivity index (χ1v) is 15.0. The summed E-state index contributed by atoms with van der Waals surface area (Å²) < 4.78 is 19.5. The van der Waals surface area contributed by atoms with E-state index in [1.165, 1.54) is 12.3 Å². The van der Waals surface area contributed by atoms with Crippen LogP contribution >= 0.6 is 23.2 Å². The van der Waals surface area contributed by atoms with Crippen LogP contribution in [0.4, 0.5) is 10.1 Å². The number of benzene rings is 3. The molecule has 1 saturated heterocycles. The van der Waals surface area contributed by atoms with Crippen LogP contribution in [0.2, 0.25) is 10.0 Å². The molecule has 3 heterocycles. The lowest BCUT2D eigenvalue weighted by molar-refractivity contribution is 0.0695. The first kappa shape index (κ1) is 27.9. The van der Waals surface area contributed by atoms with Crippen LogP contribution in [0.3, 0.4) is 0 Å². The third kappa shape index (κ3) is 5.26. The highest BCUT2D eigenvalue weighted by atomic mass is 35.5. The zero-order valence-electron chi connectivity index (χ0n) is 23.1. The van der Waals surface area contributed by atoms with E-state index in [9.17, 15) is 14.7 Å². The molecule has 0 atom stereocenters. The summed E-state index contributed by atoms with van der Waals surface area (Å²) in [5.74, 6) is -0.906. The van der Waals surface area contributed by atoms with Crippen LogP contribution in [0.25, 0.3) is 21.9 Å². The topological polar surface area (TPSA) is 83.6 Å². The van der Waals surface area contributed by atoms with Crippen molar-refractivity contribution in [2.75, 3.05) is 31.1 Å². The highest BCUT2D eigenvalue weighted by Crippen LogP contribution is 2.38. The molecular weight excluding hydrogens is 592 g/mol. The number of fused-ring (bicyclic) bond motifs is 2. The van der Waals surface area contributed by atoms with Crippen LogP contribution in [0.15, 0.2) is 65.6 Å². The molecule has 8 nitrogen and oxygen atoms in total. The number of hydrogen-bond donors (Lipinski definition) is 1. The Morgan fingerprint density at radius 2 is 1.74 bits per heavy atom. The zero-order chi connectivity index (χ0) is 29.8. The number of hydrogen-bond acceptors (Lipinski definition) is 5. The predicted molar refractivity (Wildman–Crippen MR) is 166 cm³/mol. The number of carboxylic acids is 1. The second-order valence-corrected chi connectivity index (χ2v) is 12.1. The first-order chi connectivity index (χ1) is 20.8. The molecule has 2 fully saturated rings. The lowest BCUT2D eigenvalue weighted by Gasteiger charge is -2.36. The fourth-order valence-electron chi connectivity index (χ4n) is 6.00. The Morgan fingerprint density at radius 1 is 0.977 bits per heavy atom. The van der Waals surface area contributed by atoms with Gasteiger partial charge in [0.25, 0.3) is 0 Å². The Bertz CT molecular complexity index is 1960. The number of carboxylic acid groups (broad SMARTS) is 1. The highest BCUT2D eigenvalue weighted by molar-refractivity contribution is 6.35. The maximum atomic E-state index is 15.5. The average molecular weight is 621 g/mol. The van der Waals surface area contributed by atoms with Crippen LogP contribution in [0, 0.1) is 5.82 Å². The standard InChI is InChI=1S/C32H28Cl2FN5O3/c33-20-6-5-19(24(34)13-20)16-40-27-4-2-1-3-26(27)36-30(40)18-37-9-11-38(12-10-37)29-15-28-22(14-25(29)35)31(41)23(32(42)43)17-39(28)21-7-8-21/h1-6,13-15,17,21H,7-12,16,18H2,(H,42,43). The molecule has 1 aliphatic heterocycles. The van der Waals surface area contributed by atoms with Crippen LogP contribution < -0.4 is 10.3 Å². The van der Waals surface area contributed by atoms with Crippen molar-refractivity contribution in [3.63, 3.8) is 0 Å². The van der Waals surface area contributed by atoms with Gasteiger partial charge in [0.15, 0.2) is 0 Å². The summed E-state index contributed by atoms with van der Waals surface area (Å²) in [6.07, 6.45) is 3.21. The molecule has 43 heavy (non-hydrogen) atoms. The van der Waals surface area contributed by atoms with Gasteiger partial charge in [-0.2, -0.15) is 0 Å². The largest absolute Gasteiger partial charge is 0.477 e. The summed E-state index contributed by atoms with van der Waals surface area (Å²) >= 11 is 12.6. The number of carbonyl (C=O) groups is 1. The third-order valence-electron chi connectivity index (χ3n) is 8.43. The number of halogens is 3. The maximum Gasteiger partial charge on any atom is 0.341 e. The fraction of sp³-hybridized carbons (Fsp3) is 0.281. The van der Waals surface area contributed by atoms with E-state index in [1.807, 2.05) is 39.8 Å². The van der Waals surface area contributed by atoms with Crippen molar-refractivity contribution in [3.8, 4) is 0 Å². The Kier molecular flexibility index (Phi) is 7.12. The fourth-order valence-corrected chi connectivity index (χ4v) is 6.47. The van der Waals surface area contributed by atoms with Crippen molar-refractivity contribution in [3.05, 3.63) is 104 Å². The molecule has 0 spiro atoms. The number of nitrogens with zero attached hydrogens (tertiary/aromatic N) is 5. The van der Waals surface area contributed by atoms with Crippen molar-refractivity contribution >= 4 is 56.8 Å². The first-order valence-electron chi connectivity index (χ1n) is 14.2. The zero-order valence-corrected chi connectivity index (χ0v) is 24.7. The average Bonchev–Trinajstić information content (AvgIpc) is 3.78. The SMILES string of the molecule is O=C(O)c1cn(C2CC2)c2cc(N3CCN(Cc4nc5ccccc5n4Cc4ccc(Cl)cc4Cl)CC3)c(F)cc2c1=O. The number of imidazole rings is 1. The van der Waals surface area contributed by atoms with Gasteiger partial charge in [-0.1, -0.05) is 41.4 Å². The Morgan fingerprint density at radius 3 is 2.47 bits per heavy atom. The molecule has 0 bridgehead atoms. The van der Waals surface area contributed by atoms with Gasteiger partial charge in [-0.3, -0.25) is 9.69 Å². The van der Waals surface area contributed by atoms with Crippen LogP contribution in [0.5, 0.6) is 0 Å². The van der Waals surface area contributed by atoms with Crippen LogP contribution in [0.1, 0.15) is 40.6 Å². The minimum atomic E-state index is -1.30. The summed E-state index contributed by atoms with van der Waals surface area (Å²) in [5.41, 5.74) is 2.90. The van der Waals surface area contributed by atoms with Gasteiger partial charge in [0.1, 0.15) is 17.2 Å². The van der Waals surface area contributed by atoms with E-state index in [4.69, 9.17) is 28.2 Å². The van der Waals surface area contributed by atoms with E-state index in [-0.39, 0.29) is 17.0 Å². The molecule has 2 aliphatic rings. The lowest BCUT2D eigenvalue weighted by atomic mass is 10.1. The minimum Gasteiger partial charge on any atom is -0.477 e. The number of rotatable bonds is 7. The van der Waals surface area contributed by atoms with Gasteiger partial charge in [0.05, 0.1) is 35.3 Å². The van der Waals surface area contributed by atoms with Crippen molar-refractivity contribution in [1.29, 1.82) is 0 Å². The summed E-state index contributed by atoms with van der Waals surface area (Å²) in [5, 5.41) is 10.8. The molecule has 3 aromatic carbocycles. The Labute approximate surface area is 256 Å². The number of anilines is 1. The van der Waals surface area contributed by atoms with Crippen LogP contribution in [-0.2, 0) is 13.1 Å². The molecule has 0 unspecified atom stereocenters. The van der Waals surface area contributed by atoms with Gasteiger partial charge in [-0.05, 0) is 54.8 Å². The molecule has 1 aliphatic carbocycles. The molecule has 0 radical (unpaired) electrons. The smallest absolute Gasteiger partial charge is 0.341 e. The van der Waals surface area contributed by atoms with Gasteiger partial charge in [-0.25, -0.2) is 14.2 Å². The van der Waals surface area contributed by atoms with E-state index < -0.39 is 17.2 Å². The molecule has 11 heteroatoms. The third-order valence-corrected chi connectivity index (χ3v) is 9.01. The second kappa shape index (κ2) is 11.0. The highest BCUT2D eigenvalue weighted by Gasteiger charge is 2.29. The van der Waals surface area contributed by atoms with Gasteiger partial charge < -0.3 is 19.1 Å². The Balaban J connectivity index is 1.13. The van der Waals surface area contributed by atoms with Crippen molar-refractivity contribution in [2.24, 2.45) is 0 Å². The van der Waals surface area contributed by atoms with Crippen molar-refractivity contribution in [2.45, 2.75) is 32.0 Å². The lowest BCUT2D eigenvalue weighted by Crippen LogP contribution is -2.46. The van der Waals surface area contributed by atoms with E-state index in [1.54, 1.807) is 12.1 Å². The van der Waals surface area contributed by atoms with E-state index >= 15 is 4.39 Å². The molecule has 0 amide bonds. The number of para-hydroxylation sites is 2. The molecule has 7 rings (SSSR count). The summed E-state index contributed by atoms with van der Waals surface area (Å²) in [6.45, 7) is 3.73. The van der Waals surface area contributed by atoms with E-state index in [0.29, 0.717) is 60.5 Å². The van der Waals surface area contributed by atoms with Crippen molar-refractivity contribution < 1.29 is 14.3 Å². The summed E-state index contributed by atoms with van der Waals surface area (Å²) in [7, 11) is 0. The predicted octanol–water partition coefficient (Wildman–Crippen LogP) is 6.20. The monoisotopic (exact) mass is 619 g/mol. The van der Waals surface area contributed by atoms with Gasteiger partial charge in [-0.15, -0.1) is 0 Å². The number of aromatic nitrogens is 3. The minimum absolute atomic E-state index is 0.103. The Hall–Kier alpha value is -3.92. The molecule has 1 saturated carbocycles. The van der Waals surface area contributed by atoms with E-state index in [0.717, 1.165) is 35.3 Å².